The number of aryl methyl sites for hydroxylation is 2. The number of rotatable bonds is 4. The molecule has 0 N–H and O–H groups in total. The molecule has 0 aliphatic heterocycles. The number of fused-ring (bicyclic) bond motifs is 1. The van der Waals surface area contributed by atoms with Crippen LogP contribution in [-0.2, 0) is 6.54 Å². The molecule has 5 nitrogen and oxygen atoms in total. The van der Waals surface area contributed by atoms with Gasteiger partial charge in [0.15, 0.2) is 0 Å². The largest absolute Gasteiger partial charge is 0.337 e. The summed E-state index contributed by atoms with van der Waals surface area (Å²) < 4.78 is 3.02. The first-order valence-electron chi connectivity index (χ1n) is 8.72. The van der Waals surface area contributed by atoms with E-state index < -0.39 is 0 Å². The summed E-state index contributed by atoms with van der Waals surface area (Å²) in [6.07, 6.45) is 0. The van der Waals surface area contributed by atoms with Crippen molar-refractivity contribution in [3.05, 3.63) is 76.6 Å². The van der Waals surface area contributed by atoms with E-state index in [9.17, 15) is 4.79 Å². The standard InChI is InChI=1S/C21H20N4OS/c1-14-9-15(2)25(23-14)18-6-4-5-16(10-18)12-24(3)21(26)17-7-8-20-19(11-17)22-13-27-20/h4-11,13H,12H2,1-3H3. The first-order valence-corrected chi connectivity index (χ1v) is 9.60. The summed E-state index contributed by atoms with van der Waals surface area (Å²) in [5, 5.41) is 4.54. The van der Waals surface area contributed by atoms with E-state index in [1.165, 1.54) is 0 Å². The van der Waals surface area contributed by atoms with Gasteiger partial charge in [0.05, 0.1) is 27.1 Å². The zero-order valence-corrected chi connectivity index (χ0v) is 16.3. The number of amides is 1. The first-order chi connectivity index (χ1) is 13.0. The third-order valence-corrected chi connectivity index (χ3v) is 5.32. The summed E-state index contributed by atoms with van der Waals surface area (Å²) in [6, 6.07) is 15.9. The molecular formula is C21H20N4OS. The Labute approximate surface area is 161 Å². The van der Waals surface area contributed by atoms with Gasteiger partial charge in [-0.1, -0.05) is 12.1 Å². The Balaban J connectivity index is 1.55. The Morgan fingerprint density at radius 1 is 1.15 bits per heavy atom. The Bertz CT molecular complexity index is 1130. The quantitative estimate of drug-likeness (QED) is 0.531. The van der Waals surface area contributed by atoms with Crippen molar-refractivity contribution in [1.29, 1.82) is 0 Å². The van der Waals surface area contributed by atoms with Crippen molar-refractivity contribution in [1.82, 2.24) is 19.7 Å². The van der Waals surface area contributed by atoms with Gasteiger partial charge in [-0.2, -0.15) is 5.10 Å². The third kappa shape index (κ3) is 3.48. The smallest absolute Gasteiger partial charge is 0.253 e. The fraction of sp³-hybridized carbons (Fsp3) is 0.190. The maximum atomic E-state index is 12.8. The van der Waals surface area contributed by atoms with Gasteiger partial charge in [-0.25, -0.2) is 9.67 Å². The van der Waals surface area contributed by atoms with Gasteiger partial charge in [-0.05, 0) is 55.8 Å². The highest BCUT2D eigenvalue weighted by atomic mass is 32.1. The normalized spacial score (nSPS) is 11.1. The highest BCUT2D eigenvalue weighted by molar-refractivity contribution is 7.16. The van der Waals surface area contributed by atoms with Gasteiger partial charge in [0.1, 0.15) is 0 Å². The average molecular weight is 376 g/mol. The summed E-state index contributed by atoms with van der Waals surface area (Å²) in [5.41, 5.74) is 7.46. The van der Waals surface area contributed by atoms with Crippen molar-refractivity contribution < 1.29 is 4.79 Å². The van der Waals surface area contributed by atoms with Gasteiger partial charge in [-0.3, -0.25) is 4.79 Å². The van der Waals surface area contributed by atoms with E-state index in [1.54, 1.807) is 21.7 Å². The van der Waals surface area contributed by atoms with Crippen LogP contribution in [0.2, 0.25) is 0 Å². The molecule has 2 heterocycles. The van der Waals surface area contributed by atoms with Crippen molar-refractivity contribution in [3.63, 3.8) is 0 Å². The van der Waals surface area contributed by atoms with Gasteiger partial charge in [0.2, 0.25) is 0 Å². The Morgan fingerprint density at radius 2 is 2.00 bits per heavy atom. The topological polar surface area (TPSA) is 51.0 Å². The predicted molar refractivity (Wildman–Crippen MR) is 108 cm³/mol. The maximum absolute atomic E-state index is 12.8. The second kappa shape index (κ2) is 6.96. The van der Waals surface area contributed by atoms with E-state index in [1.807, 2.05) is 62.0 Å². The lowest BCUT2D eigenvalue weighted by molar-refractivity contribution is 0.0785. The van der Waals surface area contributed by atoms with Crippen LogP contribution in [0.1, 0.15) is 27.3 Å². The number of carbonyl (C=O) groups excluding carboxylic acids is 1. The summed E-state index contributed by atoms with van der Waals surface area (Å²) in [4.78, 5) is 18.8. The van der Waals surface area contributed by atoms with Gasteiger partial charge in [0.25, 0.3) is 5.91 Å². The fourth-order valence-electron chi connectivity index (χ4n) is 3.23. The van der Waals surface area contributed by atoms with Crippen LogP contribution in [0.15, 0.2) is 54.0 Å². The second-order valence-corrected chi connectivity index (χ2v) is 7.59. The van der Waals surface area contributed by atoms with E-state index in [0.29, 0.717) is 12.1 Å². The zero-order valence-electron chi connectivity index (χ0n) is 15.5. The van der Waals surface area contributed by atoms with Crippen molar-refractivity contribution in [2.45, 2.75) is 20.4 Å². The number of benzene rings is 2. The van der Waals surface area contributed by atoms with Crippen molar-refractivity contribution in [2.75, 3.05) is 7.05 Å². The van der Waals surface area contributed by atoms with Crippen LogP contribution in [0.4, 0.5) is 0 Å². The second-order valence-electron chi connectivity index (χ2n) is 6.70. The Kier molecular flexibility index (Phi) is 4.49. The summed E-state index contributed by atoms with van der Waals surface area (Å²) in [7, 11) is 1.82. The third-order valence-electron chi connectivity index (χ3n) is 4.51. The SMILES string of the molecule is Cc1cc(C)n(-c2cccc(CN(C)C(=O)c3ccc4scnc4c3)c2)n1. The van der Waals surface area contributed by atoms with Crippen LogP contribution in [-0.4, -0.2) is 32.6 Å². The molecule has 27 heavy (non-hydrogen) atoms. The molecule has 0 saturated heterocycles. The van der Waals surface area contributed by atoms with E-state index in [-0.39, 0.29) is 5.91 Å². The number of hydrogen-bond donors (Lipinski definition) is 0. The van der Waals surface area contributed by atoms with Gasteiger partial charge >= 0.3 is 0 Å². The first kappa shape index (κ1) is 17.4. The van der Waals surface area contributed by atoms with E-state index in [2.05, 4.69) is 22.2 Å². The number of nitrogens with zero attached hydrogens (tertiary/aromatic N) is 4. The highest BCUT2D eigenvalue weighted by Crippen LogP contribution is 2.20. The Hall–Kier alpha value is -2.99. The minimum atomic E-state index is -0.0126. The monoisotopic (exact) mass is 376 g/mol. The van der Waals surface area contributed by atoms with Crippen LogP contribution in [0.3, 0.4) is 0 Å². The van der Waals surface area contributed by atoms with Crippen LogP contribution >= 0.6 is 11.3 Å². The predicted octanol–water partition coefficient (Wildman–Crippen LogP) is 4.37. The van der Waals surface area contributed by atoms with Crippen molar-refractivity contribution >= 4 is 27.5 Å². The summed E-state index contributed by atoms with van der Waals surface area (Å²) in [6.45, 7) is 4.55. The minimum Gasteiger partial charge on any atom is -0.337 e. The molecule has 0 spiro atoms. The van der Waals surface area contributed by atoms with Gasteiger partial charge in [-0.15, -0.1) is 11.3 Å². The number of hydrogen-bond acceptors (Lipinski definition) is 4. The van der Waals surface area contributed by atoms with Gasteiger partial charge < -0.3 is 4.90 Å². The molecule has 0 saturated carbocycles. The van der Waals surface area contributed by atoms with Crippen LogP contribution in [0.25, 0.3) is 15.9 Å². The summed E-state index contributed by atoms with van der Waals surface area (Å²) >= 11 is 1.58. The number of aromatic nitrogens is 3. The van der Waals surface area contributed by atoms with E-state index in [4.69, 9.17) is 0 Å². The molecule has 1 amide bonds. The van der Waals surface area contributed by atoms with Crippen molar-refractivity contribution in [3.8, 4) is 5.69 Å². The van der Waals surface area contributed by atoms with Crippen LogP contribution in [0.5, 0.6) is 0 Å². The van der Waals surface area contributed by atoms with Crippen LogP contribution < -0.4 is 0 Å². The highest BCUT2D eigenvalue weighted by Gasteiger charge is 2.14. The maximum Gasteiger partial charge on any atom is 0.253 e. The molecule has 4 rings (SSSR count). The molecule has 4 aromatic rings. The lowest BCUT2D eigenvalue weighted by Crippen LogP contribution is -2.26. The molecule has 0 fully saturated rings. The lowest BCUT2D eigenvalue weighted by atomic mass is 10.1. The van der Waals surface area contributed by atoms with Gasteiger partial charge in [0, 0.05) is 24.8 Å². The summed E-state index contributed by atoms with van der Waals surface area (Å²) in [5.74, 6) is -0.0126. The molecule has 2 aromatic carbocycles. The molecule has 0 unspecified atom stereocenters. The molecule has 0 atom stereocenters. The molecular weight excluding hydrogens is 356 g/mol. The Morgan fingerprint density at radius 3 is 2.78 bits per heavy atom. The zero-order chi connectivity index (χ0) is 19.0. The van der Waals surface area contributed by atoms with E-state index >= 15 is 0 Å². The molecule has 0 aliphatic rings. The molecule has 0 bridgehead atoms. The molecule has 136 valence electrons. The average Bonchev–Trinajstić information content (AvgIpc) is 3.26. The van der Waals surface area contributed by atoms with Crippen molar-refractivity contribution in [2.24, 2.45) is 0 Å². The number of thiazole rings is 1. The minimum absolute atomic E-state index is 0.0126. The molecule has 0 radical (unpaired) electrons. The molecule has 6 heteroatoms. The van der Waals surface area contributed by atoms with Crippen LogP contribution in [0, 0.1) is 13.8 Å². The lowest BCUT2D eigenvalue weighted by Gasteiger charge is -2.18. The number of carbonyl (C=O) groups is 1. The molecule has 0 aliphatic carbocycles. The molecule has 2 aromatic heterocycles. The fourth-order valence-corrected chi connectivity index (χ4v) is 3.89. The van der Waals surface area contributed by atoms with E-state index in [0.717, 1.165) is 32.9 Å².